The van der Waals surface area contributed by atoms with E-state index in [4.69, 9.17) is 11.6 Å². The number of H-pyrrole nitrogens is 1. The second-order valence-corrected chi connectivity index (χ2v) is 5.77. The van der Waals surface area contributed by atoms with Crippen LogP contribution in [0.2, 0.25) is 5.02 Å². The first-order valence-electron chi connectivity index (χ1n) is 7.56. The predicted molar refractivity (Wildman–Crippen MR) is 89.2 cm³/mol. The number of fused-ring (bicyclic) bond motifs is 1. The maximum absolute atomic E-state index is 12.1. The Hall–Kier alpha value is -2.34. The van der Waals surface area contributed by atoms with Crippen LogP contribution >= 0.6 is 11.6 Å². The topological polar surface area (TPSA) is 75.6 Å². The summed E-state index contributed by atoms with van der Waals surface area (Å²) in [6, 6.07) is 5.41. The predicted octanol–water partition coefficient (Wildman–Crippen LogP) is 2.68. The van der Waals surface area contributed by atoms with Gasteiger partial charge in [-0.3, -0.25) is 4.79 Å². The van der Waals surface area contributed by atoms with Crippen molar-refractivity contribution in [3.05, 3.63) is 47.3 Å². The number of aromatic nitrogens is 4. The Morgan fingerprint density at radius 3 is 3.13 bits per heavy atom. The van der Waals surface area contributed by atoms with E-state index in [1.165, 1.54) is 0 Å². The van der Waals surface area contributed by atoms with Crippen LogP contribution in [0.5, 0.6) is 0 Å². The standard InChI is InChI=1S/C16H18ClN5O/c1-2-6-22-7-5-18-15(22)10-19-16(23)9-14-20-12-4-3-11(17)8-13(12)21-14/h3-5,7-8H,2,6,9-10H2,1H3,(H,19,23)(H,20,21). The van der Waals surface area contributed by atoms with E-state index in [9.17, 15) is 4.79 Å². The van der Waals surface area contributed by atoms with Crippen molar-refractivity contribution in [3.8, 4) is 0 Å². The fourth-order valence-electron chi connectivity index (χ4n) is 2.46. The monoisotopic (exact) mass is 331 g/mol. The SMILES string of the molecule is CCCn1ccnc1CNC(=O)Cc1nc2ccc(Cl)cc2[nH]1. The van der Waals surface area contributed by atoms with Gasteiger partial charge in [-0.15, -0.1) is 0 Å². The molecule has 1 aromatic carbocycles. The van der Waals surface area contributed by atoms with E-state index < -0.39 is 0 Å². The number of nitrogens with zero attached hydrogens (tertiary/aromatic N) is 3. The maximum atomic E-state index is 12.1. The van der Waals surface area contributed by atoms with Crippen LogP contribution in [-0.4, -0.2) is 25.4 Å². The highest BCUT2D eigenvalue weighted by Gasteiger charge is 2.10. The zero-order valence-corrected chi connectivity index (χ0v) is 13.6. The summed E-state index contributed by atoms with van der Waals surface area (Å²) >= 11 is 5.94. The molecule has 23 heavy (non-hydrogen) atoms. The molecule has 0 bridgehead atoms. The molecule has 6 nitrogen and oxygen atoms in total. The molecule has 0 saturated carbocycles. The molecule has 3 aromatic rings. The third kappa shape index (κ3) is 3.71. The Labute approximate surface area is 138 Å². The van der Waals surface area contributed by atoms with Gasteiger partial charge in [0.2, 0.25) is 5.91 Å². The summed E-state index contributed by atoms with van der Waals surface area (Å²) in [7, 11) is 0. The number of hydrogen-bond acceptors (Lipinski definition) is 3. The molecule has 0 atom stereocenters. The minimum Gasteiger partial charge on any atom is -0.348 e. The molecule has 1 amide bonds. The number of aromatic amines is 1. The minimum absolute atomic E-state index is 0.0961. The van der Waals surface area contributed by atoms with Gasteiger partial charge >= 0.3 is 0 Å². The van der Waals surface area contributed by atoms with Gasteiger partial charge in [0.15, 0.2) is 0 Å². The lowest BCUT2D eigenvalue weighted by molar-refractivity contribution is -0.120. The molecule has 2 N–H and O–H groups in total. The molecule has 0 aliphatic carbocycles. The van der Waals surface area contributed by atoms with E-state index in [1.807, 2.05) is 16.8 Å². The average Bonchev–Trinajstić information content (AvgIpc) is 3.11. The van der Waals surface area contributed by atoms with E-state index in [2.05, 4.69) is 27.2 Å². The first-order chi connectivity index (χ1) is 11.2. The molecular formula is C16H18ClN5O. The Morgan fingerprint density at radius 1 is 1.43 bits per heavy atom. The average molecular weight is 332 g/mol. The highest BCUT2D eigenvalue weighted by Crippen LogP contribution is 2.17. The summed E-state index contributed by atoms with van der Waals surface area (Å²) < 4.78 is 2.05. The molecule has 120 valence electrons. The van der Waals surface area contributed by atoms with Gasteiger partial charge in [0, 0.05) is 24.0 Å². The normalized spacial score (nSPS) is 11.0. The lowest BCUT2D eigenvalue weighted by Crippen LogP contribution is -2.26. The van der Waals surface area contributed by atoms with E-state index in [0.29, 0.717) is 17.4 Å². The van der Waals surface area contributed by atoms with Crippen LogP contribution in [0, 0.1) is 0 Å². The number of carbonyl (C=O) groups excluding carboxylic acids is 1. The molecular weight excluding hydrogens is 314 g/mol. The molecule has 0 aliphatic rings. The lowest BCUT2D eigenvalue weighted by Gasteiger charge is -2.07. The summed E-state index contributed by atoms with van der Waals surface area (Å²) in [5.74, 6) is 1.38. The Kier molecular flexibility index (Phi) is 4.62. The molecule has 0 fully saturated rings. The Morgan fingerprint density at radius 2 is 2.30 bits per heavy atom. The van der Waals surface area contributed by atoms with E-state index in [-0.39, 0.29) is 12.3 Å². The number of halogens is 1. The number of rotatable bonds is 6. The van der Waals surface area contributed by atoms with Gasteiger partial charge in [0.05, 0.1) is 24.0 Å². The van der Waals surface area contributed by atoms with Crippen molar-refractivity contribution in [2.75, 3.05) is 0 Å². The van der Waals surface area contributed by atoms with E-state index in [0.717, 1.165) is 29.8 Å². The number of carbonyl (C=O) groups is 1. The number of nitrogens with one attached hydrogen (secondary N) is 2. The molecule has 7 heteroatoms. The van der Waals surface area contributed by atoms with Crippen LogP contribution in [0.4, 0.5) is 0 Å². The van der Waals surface area contributed by atoms with Gasteiger partial charge < -0.3 is 14.9 Å². The molecule has 0 radical (unpaired) electrons. The number of benzene rings is 1. The molecule has 0 aliphatic heterocycles. The highest BCUT2D eigenvalue weighted by molar-refractivity contribution is 6.31. The molecule has 2 heterocycles. The highest BCUT2D eigenvalue weighted by atomic mass is 35.5. The molecule has 0 spiro atoms. The first kappa shape index (κ1) is 15.6. The molecule has 3 rings (SSSR count). The van der Waals surface area contributed by atoms with Crippen LogP contribution in [0.3, 0.4) is 0 Å². The van der Waals surface area contributed by atoms with Crippen LogP contribution in [0.15, 0.2) is 30.6 Å². The first-order valence-corrected chi connectivity index (χ1v) is 7.94. The van der Waals surface area contributed by atoms with Crippen molar-refractivity contribution in [1.82, 2.24) is 24.8 Å². The van der Waals surface area contributed by atoms with Gasteiger partial charge in [0.25, 0.3) is 0 Å². The van der Waals surface area contributed by atoms with Gasteiger partial charge in [-0.05, 0) is 24.6 Å². The number of aryl methyl sites for hydroxylation is 1. The summed E-state index contributed by atoms with van der Waals surface area (Å²) in [6.07, 6.45) is 4.90. The van der Waals surface area contributed by atoms with Crippen molar-refractivity contribution in [2.24, 2.45) is 0 Å². The summed E-state index contributed by atoms with van der Waals surface area (Å²) in [6.45, 7) is 3.42. The number of hydrogen-bond donors (Lipinski definition) is 2. The van der Waals surface area contributed by atoms with Crippen LogP contribution in [-0.2, 0) is 24.3 Å². The Bertz CT molecular complexity index is 823. The van der Waals surface area contributed by atoms with E-state index >= 15 is 0 Å². The molecule has 0 saturated heterocycles. The van der Waals surface area contributed by atoms with Crippen LogP contribution in [0.25, 0.3) is 11.0 Å². The number of amides is 1. The quantitative estimate of drug-likeness (QED) is 0.729. The third-order valence-corrected chi connectivity index (χ3v) is 3.77. The molecule has 0 unspecified atom stereocenters. The fourth-order valence-corrected chi connectivity index (χ4v) is 2.63. The summed E-state index contributed by atoms with van der Waals surface area (Å²) in [5.41, 5.74) is 1.63. The van der Waals surface area contributed by atoms with Gasteiger partial charge in [0.1, 0.15) is 11.6 Å². The fraction of sp³-hybridized carbons (Fsp3) is 0.312. The van der Waals surface area contributed by atoms with Crippen molar-refractivity contribution < 1.29 is 4.79 Å². The van der Waals surface area contributed by atoms with Crippen molar-refractivity contribution in [1.29, 1.82) is 0 Å². The zero-order valence-electron chi connectivity index (χ0n) is 12.8. The molecule has 2 aromatic heterocycles. The minimum atomic E-state index is -0.0961. The van der Waals surface area contributed by atoms with Crippen molar-refractivity contribution in [2.45, 2.75) is 32.9 Å². The number of imidazole rings is 2. The second kappa shape index (κ2) is 6.83. The van der Waals surface area contributed by atoms with Crippen LogP contribution < -0.4 is 5.32 Å². The second-order valence-electron chi connectivity index (χ2n) is 5.34. The maximum Gasteiger partial charge on any atom is 0.227 e. The van der Waals surface area contributed by atoms with Crippen molar-refractivity contribution >= 4 is 28.5 Å². The Balaban J connectivity index is 1.61. The van der Waals surface area contributed by atoms with Gasteiger partial charge in [-0.1, -0.05) is 18.5 Å². The van der Waals surface area contributed by atoms with Gasteiger partial charge in [-0.25, -0.2) is 9.97 Å². The zero-order chi connectivity index (χ0) is 16.2. The van der Waals surface area contributed by atoms with Crippen LogP contribution in [0.1, 0.15) is 25.0 Å². The lowest BCUT2D eigenvalue weighted by atomic mass is 10.3. The summed E-state index contributed by atoms with van der Waals surface area (Å²) in [5, 5.41) is 3.52. The van der Waals surface area contributed by atoms with E-state index in [1.54, 1.807) is 18.3 Å². The van der Waals surface area contributed by atoms with Gasteiger partial charge in [-0.2, -0.15) is 0 Å². The third-order valence-electron chi connectivity index (χ3n) is 3.53. The summed E-state index contributed by atoms with van der Waals surface area (Å²) in [4.78, 5) is 23.9. The van der Waals surface area contributed by atoms with Crippen molar-refractivity contribution in [3.63, 3.8) is 0 Å². The smallest absolute Gasteiger partial charge is 0.227 e. The largest absolute Gasteiger partial charge is 0.348 e.